The molecule has 1 unspecified atom stereocenters. The van der Waals surface area contributed by atoms with Crippen LogP contribution in [0.25, 0.3) is 0 Å². The lowest BCUT2D eigenvalue weighted by Gasteiger charge is -2.31. The summed E-state index contributed by atoms with van der Waals surface area (Å²) in [6, 6.07) is 10.7. The molecule has 2 aliphatic rings. The van der Waals surface area contributed by atoms with Gasteiger partial charge >= 0.3 is 0 Å². The predicted molar refractivity (Wildman–Crippen MR) is 91.3 cm³/mol. The van der Waals surface area contributed by atoms with Gasteiger partial charge in [-0.3, -0.25) is 9.69 Å². The van der Waals surface area contributed by atoms with Crippen molar-refractivity contribution in [3.05, 3.63) is 35.9 Å². The van der Waals surface area contributed by atoms with Crippen LogP contribution < -0.4 is 5.32 Å². The van der Waals surface area contributed by atoms with Gasteiger partial charge in [-0.1, -0.05) is 30.3 Å². The van der Waals surface area contributed by atoms with Crippen molar-refractivity contribution in [1.29, 1.82) is 0 Å². The third kappa shape index (κ3) is 5.33. The number of carbonyl (C=O) groups excluding carboxylic acids is 1. The molecule has 2 aliphatic heterocycles. The van der Waals surface area contributed by atoms with Crippen LogP contribution in [0.2, 0.25) is 0 Å². The van der Waals surface area contributed by atoms with Gasteiger partial charge < -0.3 is 10.1 Å². The quantitative estimate of drug-likeness (QED) is 0.875. The Labute approximate surface area is 139 Å². The number of likely N-dealkylation sites (tertiary alicyclic amines) is 1. The van der Waals surface area contributed by atoms with Crippen LogP contribution in [0.4, 0.5) is 0 Å². The van der Waals surface area contributed by atoms with Crippen LogP contribution in [0, 0.1) is 5.92 Å². The van der Waals surface area contributed by atoms with Gasteiger partial charge in [-0.25, -0.2) is 0 Å². The maximum absolute atomic E-state index is 12.0. The Morgan fingerprint density at radius 2 is 1.96 bits per heavy atom. The van der Waals surface area contributed by atoms with Crippen molar-refractivity contribution in [2.24, 2.45) is 5.92 Å². The van der Waals surface area contributed by atoms with E-state index in [2.05, 4.69) is 40.5 Å². The molecule has 2 heterocycles. The van der Waals surface area contributed by atoms with Crippen LogP contribution >= 0.6 is 0 Å². The van der Waals surface area contributed by atoms with Gasteiger partial charge in [-0.15, -0.1) is 0 Å². The lowest BCUT2D eigenvalue weighted by atomic mass is 9.90. The number of nitrogens with one attached hydrogen (secondary N) is 1. The maximum atomic E-state index is 12.0. The van der Waals surface area contributed by atoms with E-state index in [1.54, 1.807) is 0 Å². The summed E-state index contributed by atoms with van der Waals surface area (Å²) in [7, 11) is 0. The molecule has 4 heteroatoms. The largest absolute Gasteiger partial charge is 0.376 e. The minimum Gasteiger partial charge on any atom is -0.376 e. The number of hydrogen-bond donors (Lipinski definition) is 1. The number of hydrogen-bond acceptors (Lipinski definition) is 3. The number of ether oxygens (including phenoxy) is 1. The summed E-state index contributed by atoms with van der Waals surface area (Å²) in [6.07, 6.45) is 5.97. The highest BCUT2D eigenvalue weighted by atomic mass is 16.5. The molecule has 0 radical (unpaired) electrons. The van der Waals surface area contributed by atoms with Gasteiger partial charge in [0.05, 0.1) is 12.6 Å². The van der Waals surface area contributed by atoms with Crippen LogP contribution in [-0.2, 0) is 16.0 Å². The molecular weight excluding hydrogens is 288 g/mol. The molecule has 1 aromatic carbocycles. The summed E-state index contributed by atoms with van der Waals surface area (Å²) in [6.45, 7) is 4.11. The zero-order valence-electron chi connectivity index (χ0n) is 13.9. The van der Waals surface area contributed by atoms with Crippen molar-refractivity contribution in [1.82, 2.24) is 10.2 Å². The standard InChI is InChI=1S/C19H28N2O2/c22-19(20-14-18-7-4-12-23-18)15-21-10-8-17(9-11-21)13-16-5-2-1-3-6-16/h1-3,5-6,17-18H,4,7-15H2,(H,20,22). The summed E-state index contributed by atoms with van der Waals surface area (Å²) < 4.78 is 5.54. The van der Waals surface area contributed by atoms with Gasteiger partial charge in [0.2, 0.25) is 5.91 Å². The number of piperidine rings is 1. The third-order valence-electron chi connectivity index (χ3n) is 4.99. The van der Waals surface area contributed by atoms with Crippen LogP contribution in [0.5, 0.6) is 0 Å². The van der Waals surface area contributed by atoms with Crippen molar-refractivity contribution >= 4 is 5.91 Å². The first-order valence-corrected chi connectivity index (χ1v) is 8.94. The zero-order chi connectivity index (χ0) is 15.9. The third-order valence-corrected chi connectivity index (χ3v) is 4.99. The molecular formula is C19H28N2O2. The lowest BCUT2D eigenvalue weighted by molar-refractivity contribution is -0.123. The highest BCUT2D eigenvalue weighted by molar-refractivity contribution is 5.78. The maximum Gasteiger partial charge on any atom is 0.234 e. The molecule has 1 atom stereocenters. The summed E-state index contributed by atoms with van der Waals surface area (Å²) >= 11 is 0. The number of carbonyl (C=O) groups is 1. The van der Waals surface area contributed by atoms with Gasteiger partial charge in [0, 0.05) is 13.2 Å². The van der Waals surface area contributed by atoms with E-state index in [4.69, 9.17) is 4.74 Å². The van der Waals surface area contributed by atoms with Crippen LogP contribution in [0.3, 0.4) is 0 Å². The van der Waals surface area contributed by atoms with E-state index in [0.717, 1.165) is 38.5 Å². The molecule has 3 rings (SSSR count). The Balaban J connectivity index is 1.33. The van der Waals surface area contributed by atoms with E-state index in [0.29, 0.717) is 13.1 Å². The first-order valence-electron chi connectivity index (χ1n) is 8.94. The molecule has 0 aliphatic carbocycles. The fraction of sp³-hybridized carbons (Fsp3) is 0.632. The van der Waals surface area contributed by atoms with Gasteiger partial charge in [-0.2, -0.15) is 0 Å². The van der Waals surface area contributed by atoms with Crippen molar-refractivity contribution in [2.75, 3.05) is 32.8 Å². The molecule has 23 heavy (non-hydrogen) atoms. The molecule has 1 aromatic rings. The van der Waals surface area contributed by atoms with Crippen molar-refractivity contribution in [3.63, 3.8) is 0 Å². The van der Waals surface area contributed by atoms with Gasteiger partial charge in [0.25, 0.3) is 0 Å². The second-order valence-electron chi connectivity index (χ2n) is 6.85. The molecule has 2 saturated heterocycles. The fourth-order valence-corrected chi connectivity index (χ4v) is 3.59. The molecule has 2 fully saturated rings. The first kappa shape index (κ1) is 16.5. The van der Waals surface area contributed by atoms with E-state index >= 15 is 0 Å². The van der Waals surface area contributed by atoms with Gasteiger partial charge in [0.1, 0.15) is 0 Å². The molecule has 0 bridgehead atoms. The molecule has 0 saturated carbocycles. The minimum atomic E-state index is 0.141. The van der Waals surface area contributed by atoms with Crippen LogP contribution in [-0.4, -0.2) is 49.7 Å². The Kier molecular flexibility index (Phi) is 6.06. The smallest absolute Gasteiger partial charge is 0.234 e. The van der Waals surface area contributed by atoms with Crippen molar-refractivity contribution in [3.8, 4) is 0 Å². The van der Waals surface area contributed by atoms with Crippen LogP contribution in [0.15, 0.2) is 30.3 Å². The SMILES string of the molecule is O=C(CN1CCC(Cc2ccccc2)CC1)NCC1CCCO1. The molecule has 0 aromatic heterocycles. The number of benzene rings is 1. The molecule has 126 valence electrons. The van der Waals surface area contributed by atoms with Crippen molar-refractivity contribution < 1.29 is 9.53 Å². The molecule has 1 amide bonds. The Hall–Kier alpha value is -1.39. The van der Waals surface area contributed by atoms with E-state index in [9.17, 15) is 4.79 Å². The first-order chi connectivity index (χ1) is 11.3. The Morgan fingerprint density at radius 3 is 2.65 bits per heavy atom. The van der Waals surface area contributed by atoms with Gasteiger partial charge in [0.15, 0.2) is 0 Å². The normalized spacial score (nSPS) is 23.0. The number of nitrogens with zero attached hydrogens (tertiary/aromatic N) is 1. The van der Waals surface area contributed by atoms with Crippen LogP contribution in [0.1, 0.15) is 31.2 Å². The van der Waals surface area contributed by atoms with E-state index in [-0.39, 0.29) is 12.0 Å². The highest BCUT2D eigenvalue weighted by Crippen LogP contribution is 2.21. The summed E-state index contributed by atoms with van der Waals surface area (Å²) in [5.74, 6) is 0.894. The Morgan fingerprint density at radius 1 is 1.17 bits per heavy atom. The summed E-state index contributed by atoms with van der Waals surface area (Å²) in [4.78, 5) is 14.3. The Bertz CT molecular complexity index is 477. The second-order valence-corrected chi connectivity index (χ2v) is 6.85. The van der Waals surface area contributed by atoms with E-state index in [1.807, 2.05) is 0 Å². The topological polar surface area (TPSA) is 41.6 Å². The highest BCUT2D eigenvalue weighted by Gasteiger charge is 2.22. The molecule has 0 spiro atoms. The summed E-state index contributed by atoms with van der Waals surface area (Å²) in [5.41, 5.74) is 1.43. The average Bonchev–Trinajstić information content (AvgIpc) is 3.09. The van der Waals surface area contributed by atoms with E-state index in [1.165, 1.54) is 24.8 Å². The van der Waals surface area contributed by atoms with Gasteiger partial charge in [-0.05, 0) is 56.7 Å². The molecule has 1 N–H and O–H groups in total. The van der Waals surface area contributed by atoms with Crippen molar-refractivity contribution in [2.45, 2.75) is 38.2 Å². The average molecular weight is 316 g/mol. The number of rotatable bonds is 6. The predicted octanol–water partition coefficient (Wildman–Crippen LogP) is 2.24. The number of amides is 1. The van der Waals surface area contributed by atoms with E-state index < -0.39 is 0 Å². The summed E-state index contributed by atoms with van der Waals surface area (Å²) in [5, 5.41) is 3.02. The monoisotopic (exact) mass is 316 g/mol. The second kappa shape index (κ2) is 8.46. The lowest BCUT2D eigenvalue weighted by Crippen LogP contribution is -2.43. The minimum absolute atomic E-state index is 0.141. The zero-order valence-corrected chi connectivity index (χ0v) is 13.9. The molecule has 4 nitrogen and oxygen atoms in total. The fourth-order valence-electron chi connectivity index (χ4n) is 3.59.